The summed E-state index contributed by atoms with van der Waals surface area (Å²) >= 11 is 0. The molecule has 2 nitrogen and oxygen atoms in total. The van der Waals surface area contributed by atoms with Crippen LogP contribution in [-0.2, 0) is 4.74 Å². The Morgan fingerprint density at radius 2 is 1.94 bits per heavy atom. The van der Waals surface area contributed by atoms with Gasteiger partial charge in [0.05, 0.1) is 12.7 Å². The van der Waals surface area contributed by atoms with Gasteiger partial charge in [0.1, 0.15) is 0 Å². The van der Waals surface area contributed by atoms with Crippen molar-refractivity contribution in [3.63, 3.8) is 0 Å². The molecule has 1 N–H and O–H groups in total. The Hall–Kier alpha value is -0.0800. The highest BCUT2D eigenvalue weighted by Gasteiger charge is 2.14. The Kier molecular flexibility index (Phi) is 7.87. The molecular formula is C14H29NO. The summed E-state index contributed by atoms with van der Waals surface area (Å²) in [5.41, 5.74) is 0. The first-order valence-electron chi connectivity index (χ1n) is 7.19. The highest BCUT2D eigenvalue weighted by Crippen LogP contribution is 2.21. The molecule has 1 heterocycles. The van der Waals surface area contributed by atoms with Crippen LogP contribution in [0.25, 0.3) is 0 Å². The Morgan fingerprint density at radius 3 is 2.50 bits per heavy atom. The predicted molar refractivity (Wildman–Crippen MR) is 69.8 cm³/mol. The molecular weight excluding hydrogens is 198 g/mol. The van der Waals surface area contributed by atoms with E-state index in [9.17, 15) is 0 Å². The third-order valence-corrected chi connectivity index (χ3v) is 3.54. The van der Waals surface area contributed by atoms with E-state index in [4.69, 9.17) is 4.74 Å². The lowest BCUT2D eigenvalue weighted by Crippen LogP contribution is -2.38. The van der Waals surface area contributed by atoms with Gasteiger partial charge in [-0.25, -0.2) is 0 Å². The fourth-order valence-corrected chi connectivity index (χ4v) is 2.69. The van der Waals surface area contributed by atoms with Crippen LogP contribution < -0.4 is 5.32 Å². The third kappa shape index (κ3) is 5.86. The zero-order chi connectivity index (χ0) is 11.6. The SMILES string of the molecule is CCCC(CCC)CCCC1CNCCO1. The summed E-state index contributed by atoms with van der Waals surface area (Å²) in [5, 5.41) is 3.40. The second kappa shape index (κ2) is 9.00. The van der Waals surface area contributed by atoms with Gasteiger partial charge in [-0.15, -0.1) is 0 Å². The van der Waals surface area contributed by atoms with E-state index >= 15 is 0 Å². The molecule has 0 amide bonds. The van der Waals surface area contributed by atoms with E-state index in [0.717, 1.165) is 25.6 Å². The lowest BCUT2D eigenvalue weighted by Gasteiger charge is -2.24. The van der Waals surface area contributed by atoms with Gasteiger partial charge < -0.3 is 10.1 Å². The van der Waals surface area contributed by atoms with E-state index in [1.54, 1.807) is 0 Å². The van der Waals surface area contributed by atoms with E-state index < -0.39 is 0 Å². The molecule has 1 aliphatic heterocycles. The van der Waals surface area contributed by atoms with Gasteiger partial charge in [0, 0.05) is 13.1 Å². The van der Waals surface area contributed by atoms with Gasteiger partial charge in [-0.3, -0.25) is 0 Å². The highest BCUT2D eigenvalue weighted by molar-refractivity contribution is 4.68. The zero-order valence-electron chi connectivity index (χ0n) is 11.1. The lowest BCUT2D eigenvalue weighted by atomic mass is 9.92. The molecule has 0 aliphatic carbocycles. The molecule has 0 radical (unpaired) electrons. The van der Waals surface area contributed by atoms with Crippen LogP contribution in [0.5, 0.6) is 0 Å². The fourth-order valence-electron chi connectivity index (χ4n) is 2.69. The number of nitrogens with one attached hydrogen (secondary N) is 1. The maximum absolute atomic E-state index is 5.72. The van der Waals surface area contributed by atoms with Crippen molar-refractivity contribution in [2.45, 2.75) is 64.9 Å². The average Bonchev–Trinajstić information content (AvgIpc) is 2.31. The fraction of sp³-hybridized carbons (Fsp3) is 1.00. The summed E-state index contributed by atoms with van der Waals surface area (Å²) in [6, 6.07) is 0. The number of morpholine rings is 1. The molecule has 0 spiro atoms. The number of rotatable bonds is 8. The molecule has 1 saturated heterocycles. The number of hydrogen-bond acceptors (Lipinski definition) is 2. The Bertz CT molecular complexity index is 149. The Labute approximate surface area is 101 Å². The molecule has 16 heavy (non-hydrogen) atoms. The monoisotopic (exact) mass is 227 g/mol. The van der Waals surface area contributed by atoms with Crippen LogP contribution in [0.3, 0.4) is 0 Å². The number of hydrogen-bond donors (Lipinski definition) is 1. The summed E-state index contributed by atoms with van der Waals surface area (Å²) in [6.45, 7) is 7.60. The molecule has 0 aromatic rings. The normalized spacial score (nSPS) is 21.6. The van der Waals surface area contributed by atoms with Crippen molar-refractivity contribution in [2.75, 3.05) is 19.7 Å². The minimum Gasteiger partial charge on any atom is -0.376 e. The van der Waals surface area contributed by atoms with E-state index in [1.807, 2.05) is 0 Å². The minimum absolute atomic E-state index is 0.484. The number of ether oxygens (including phenoxy) is 1. The van der Waals surface area contributed by atoms with Gasteiger partial charge >= 0.3 is 0 Å². The van der Waals surface area contributed by atoms with Crippen LogP contribution in [0.15, 0.2) is 0 Å². The maximum atomic E-state index is 5.72. The molecule has 0 aromatic heterocycles. The van der Waals surface area contributed by atoms with Gasteiger partial charge in [0.15, 0.2) is 0 Å². The van der Waals surface area contributed by atoms with Crippen molar-refractivity contribution >= 4 is 0 Å². The van der Waals surface area contributed by atoms with Gasteiger partial charge in [-0.1, -0.05) is 52.4 Å². The molecule has 1 unspecified atom stereocenters. The van der Waals surface area contributed by atoms with Crippen LogP contribution in [0.1, 0.15) is 58.8 Å². The van der Waals surface area contributed by atoms with Crippen LogP contribution >= 0.6 is 0 Å². The molecule has 0 bridgehead atoms. The molecule has 1 atom stereocenters. The molecule has 0 saturated carbocycles. The van der Waals surface area contributed by atoms with Crippen LogP contribution in [0.2, 0.25) is 0 Å². The summed E-state index contributed by atoms with van der Waals surface area (Å²) < 4.78 is 5.72. The van der Waals surface area contributed by atoms with Crippen molar-refractivity contribution in [1.29, 1.82) is 0 Å². The van der Waals surface area contributed by atoms with Crippen LogP contribution in [0, 0.1) is 5.92 Å². The average molecular weight is 227 g/mol. The second-order valence-electron chi connectivity index (χ2n) is 5.07. The molecule has 2 heteroatoms. The first-order valence-corrected chi connectivity index (χ1v) is 7.19. The van der Waals surface area contributed by atoms with Crippen molar-refractivity contribution in [3.05, 3.63) is 0 Å². The summed E-state index contributed by atoms with van der Waals surface area (Å²) in [6.07, 6.45) is 9.99. The van der Waals surface area contributed by atoms with Crippen molar-refractivity contribution in [3.8, 4) is 0 Å². The van der Waals surface area contributed by atoms with Gasteiger partial charge in [0.2, 0.25) is 0 Å². The standard InChI is InChI=1S/C14H29NO/c1-3-6-13(7-4-2)8-5-9-14-12-15-10-11-16-14/h13-15H,3-12H2,1-2H3. The second-order valence-corrected chi connectivity index (χ2v) is 5.07. The summed E-state index contributed by atoms with van der Waals surface area (Å²) in [5.74, 6) is 0.964. The highest BCUT2D eigenvalue weighted by atomic mass is 16.5. The first kappa shape index (κ1) is 14.0. The Balaban J connectivity index is 2.06. The van der Waals surface area contributed by atoms with Gasteiger partial charge in [-0.05, 0) is 12.3 Å². The largest absolute Gasteiger partial charge is 0.376 e. The molecule has 1 rings (SSSR count). The quantitative estimate of drug-likeness (QED) is 0.686. The summed E-state index contributed by atoms with van der Waals surface area (Å²) in [4.78, 5) is 0. The van der Waals surface area contributed by atoms with E-state index in [2.05, 4.69) is 19.2 Å². The van der Waals surface area contributed by atoms with Crippen molar-refractivity contribution in [2.24, 2.45) is 5.92 Å². The minimum atomic E-state index is 0.484. The predicted octanol–water partition coefficient (Wildman–Crippen LogP) is 3.36. The smallest absolute Gasteiger partial charge is 0.0700 e. The van der Waals surface area contributed by atoms with Crippen molar-refractivity contribution in [1.82, 2.24) is 5.32 Å². The van der Waals surface area contributed by atoms with Gasteiger partial charge in [0.25, 0.3) is 0 Å². The van der Waals surface area contributed by atoms with E-state index in [0.29, 0.717) is 6.10 Å². The third-order valence-electron chi connectivity index (χ3n) is 3.54. The molecule has 1 aliphatic rings. The van der Waals surface area contributed by atoms with Crippen LogP contribution in [0.4, 0.5) is 0 Å². The van der Waals surface area contributed by atoms with Crippen molar-refractivity contribution < 1.29 is 4.74 Å². The lowest BCUT2D eigenvalue weighted by molar-refractivity contribution is 0.0213. The maximum Gasteiger partial charge on any atom is 0.0700 e. The van der Waals surface area contributed by atoms with Gasteiger partial charge in [-0.2, -0.15) is 0 Å². The van der Waals surface area contributed by atoms with E-state index in [-0.39, 0.29) is 0 Å². The molecule has 0 aromatic carbocycles. The molecule has 1 fully saturated rings. The summed E-state index contributed by atoms with van der Waals surface area (Å²) in [7, 11) is 0. The van der Waals surface area contributed by atoms with E-state index in [1.165, 1.54) is 44.9 Å². The topological polar surface area (TPSA) is 21.3 Å². The Morgan fingerprint density at radius 1 is 1.19 bits per heavy atom. The van der Waals surface area contributed by atoms with Crippen LogP contribution in [-0.4, -0.2) is 25.8 Å². The first-order chi connectivity index (χ1) is 7.86. The molecule has 96 valence electrons. The zero-order valence-corrected chi connectivity index (χ0v) is 11.1.